The lowest BCUT2D eigenvalue weighted by Gasteiger charge is -2.36. The summed E-state index contributed by atoms with van der Waals surface area (Å²) in [6.07, 6.45) is 5.56. The van der Waals surface area contributed by atoms with Gasteiger partial charge in [0.25, 0.3) is 0 Å². The molecule has 0 saturated carbocycles. The van der Waals surface area contributed by atoms with Gasteiger partial charge < -0.3 is 4.74 Å². The van der Waals surface area contributed by atoms with E-state index in [0.29, 0.717) is 12.5 Å². The summed E-state index contributed by atoms with van der Waals surface area (Å²) in [5.41, 5.74) is 1.24. The number of rotatable bonds is 13. The fourth-order valence-electron chi connectivity index (χ4n) is 4.64. The summed E-state index contributed by atoms with van der Waals surface area (Å²) in [4.78, 5) is 0. The summed E-state index contributed by atoms with van der Waals surface area (Å²) in [6, 6.07) is 35.5. The monoisotopic (exact) mass is 428 g/mol. The summed E-state index contributed by atoms with van der Waals surface area (Å²) in [7, 11) is -1.93. The Morgan fingerprint density at radius 1 is 0.839 bits per heavy atom. The number of hydrogen-bond donors (Lipinski definition) is 0. The van der Waals surface area contributed by atoms with Gasteiger partial charge in [0.2, 0.25) is 0 Å². The third kappa shape index (κ3) is 6.53. The fourth-order valence-corrected chi connectivity index (χ4v) is 10.1. The van der Waals surface area contributed by atoms with E-state index in [1.807, 2.05) is 0 Å². The first kappa shape index (κ1) is 23.2. The minimum atomic E-state index is -1.93. The molecule has 3 aromatic carbocycles. The summed E-state index contributed by atoms with van der Waals surface area (Å²) in [6.45, 7) is 7.82. The summed E-state index contributed by atoms with van der Waals surface area (Å²) in [5, 5.41) is 3.10. The van der Waals surface area contributed by atoms with Gasteiger partial charge in [-0.2, -0.15) is 0 Å². The van der Waals surface area contributed by atoms with Crippen LogP contribution >= 0.6 is 0 Å². The van der Waals surface area contributed by atoms with Crippen molar-refractivity contribution in [2.45, 2.75) is 44.9 Å². The lowest BCUT2D eigenvalue weighted by molar-refractivity contribution is 0.0926. The van der Waals surface area contributed by atoms with E-state index < -0.39 is 8.07 Å². The highest BCUT2D eigenvalue weighted by molar-refractivity contribution is 7.02. The van der Waals surface area contributed by atoms with Crippen molar-refractivity contribution in [3.8, 4) is 0 Å². The Kier molecular flexibility index (Phi) is 9.32. The van der Waals surface area contributed by atoms with Gasteiger partial charge in [0.1, 0.15) is 8.07 Å². The van der Waals surface area contributed by atoms with Crippen molar-refractivity contribution in [2.24, 2.45) is 5.92 Å². The molecule has 3 aromatic rings. The molecule has 31 heavy (non-hydrogen) atoms. The Hall–Kier alpha value is -2.42. The smallest absolute Gasteiger partial charge is 0.118 e. The Balaban J connectivity index is 1.87. The van der Waals surface area contributed by atoms with Crippen LogP contribution in [-0.2, 0) is 11.3 Å². The molecule has 2 heteroatoms. The van der Waals surface area contributed by atoms with Crippen LogP contribution in [0.3, 0.4) is 0 Å². The number of benzene rings is 3. The highest BCUT2D eigenvalue weighted by Crippen LogP contribution is 2.27. The van der Waals surface area contributed by atoms with Crippen molar-refractivity contribution >= 4 is 18.4 Å². The molecule has 0 aliphatic carbocycles. The molecule has 1 nitrogen and oxygen atoms in total. The average Bonchev–Trinajstić information content (AvgIpc) is 2.83. The van der Waals surface area contributed by atoms with E-state index in [9.17, 15) is 0 Å². The van der Waals surface area contributed by atoms with Crippen molar-refractivity contribution < 1.29 is 4.74 Å². The lowest BCUT2D eigenvalue weighted by Crippen LogP contribution is -2.59. The van der Waals surface area contributed by atoms with Crippen LogP contribution in [0.15, 0.2) is 104 Å². The van der Waals surface area contributed by atoms with Gasteiger partial charge in [0, 0.05) is 6.61 Å². The zero-order valence-corrected chi connectivity index (χ0v) is 19.9. The molecule has 0 aliphatic heterocycles. The van der Waals surface area contributed by atoms with Gasteiger partial charge in [0.15, 0.2) is 0 Å². The van der Waals surface area contributed by atoms with Gasteiger partial charge >= 0.3 is 0 Å². The molecule has 3 rings (SSSR count). The molecule has 162 valence electrons. The molecular formula is C29H36OSi. The van der Waals surface area contributed by atoms with E-state index in [2.05, 4.69) is 111 Å². The van der Waals surface area contributed by atoms with Crippen LogP contribution in [-0.4, -0.2) is 14.7 Å². The zero-order valence-electron chi connectivity index (χ0n) is 18.9. The van der Waals surface area contributed by atoms with Crippen molar-refractivity contribution in [2.75, 3.05) is 6.61 Å². The zero-order chi connectivity index (χ0) is 21.8. The first-order valence-corrected chi connectivity index (χ1v) is 14.0. The van der Waals surface area contributed by atoms with Crippen LogP contribution < -0.4 is 10.4 Å². The Bertz CT molecular complexity index is 837. The van der Waals surface area contributed by atoms with Gasteiger partial charge in [-0.25, -0.2) is 0 Å². The van der Waals surface area contributed by atoms with E-state index in [0.717, 1.165) is 13.0 Å². The van der Waals surface area contributed by atoms with E-state index >= 15 is 0 Å². The van der Waals surface area contributed by atoms with Crippen molar-refractivity contribution in [1.29, 1.82) is 0 Å². The normalized spacial score (nSPS) is 12.4. The molecule has 0 unspecified atom stereocenters. The molecule has 0 fully saturated rings. The molecule has 0 heterocycles. The number of unbranched alkanes of at least 4 members (excludes halogenated alkanes) is 1. The van der Waals surface area contributed by atoms with Gasteiger partial charge in [-0.3, -0.25) is 0 Å². The molecular weight excluding hydrogens is 392 g/mol. The third-order valence-electron chi connectivity index (χ3n) is 6.21. The predicted octanol–water partition coefficient (Wildman–Crippen LogP) is 6.46. The Morgan fingerprint density at radius 2 is 1.39 bits per heavy atom. The molecule has 0 N–H and O–H groups in total. The summed E-state index contributed by atoms with van der Waals surface area (Å²) < 4.78 is 6.23. The van der Waals surface area contributed by atoms with Crippen LogP contribution in [0.4, 0.5) is 0 Å². The van der Waals surface area contributed by atoms with Crippen LogP contribution in [0.1, 0.15) is 31.7 Å². The van der Waals surface area contributed by atoms with Crippen molar-refractivity contribution in [3.05, 3.63) is 109 Å². The predicted molar refractivity (Wildman–Crippen MR) is 137 cm³/mol. The molecule has 0 radical (unpaired) electrons. The molecule has 1 atom stereocenters. The average molecular weight is 429 g/mol. The first-order chi connectivity index (χ1) is 15.3. The van der Waals surface area contributed by atoms with Gasteiger partial charge in [0.05, 0.1) is 6.61 Å². The maximum absolute atomic E-state index is 6.23. The molecule has 0 aliphatic rings. The largest absolute Gasteiger partial charge is 0.376 e. The summed E-state index contributed by atoms with van der Waals surface area (Å²) in [5.74, 6) is 0.477. The number of hydrogen-bond acceptors (Lipinski definition) is 1. The molecule has 0 saturated heterocycles. The van der Waals surface area contributed by atoms with E-state index in [4.69, 9.17) is 4.74 Å². The quantitative estimate of drug-likeness (QED) is 0.224. The van der Waals surface area contributed by atoms with Crippen LogP contribution in [0.2, 0.25) is 12.1 Å². The van der Waals surface area contributed by atoms with Gasteiger partial charge in [-0.1, -0.05) is 127 Å². The Morgan fingerprint density at radius 3 is 1.90 bits per heavy atom. The van der Waals surface area contributed by atoms with Crippen molar-refractivity contribution in [3.63, 3.8) is 0 Å². The second kappa shape index (κ2) is 12.4. The van der Waals surface area contributed by atoms with E-state index in [1.54, 1.807) is 10.4 Å². The van der Waals surface area contributed by atoms with Crippen molar-refractivity contribution in [1.82, 2.24) is 0 Å². The highest BCUT2D eigenvalue weighted by Gasteiger charge is 2.38. The first-order valence-electron chi connectivity index (χ1n) is 11.6. The molecule has 0 spiro atoms. The summed E-state index contributed by atoms with van der Waals surface area (Å²) >= 11 is 0. The standard InChI is InChI=1S/C29H36OSi/c1-3-5-22-31(28-18-11-7-12-19-28,29-20-13-8-14-21-29)25-27(15-4-2)24-30-23-26-16-9-6-10-17-26/h4,6-14,16-21,27H,2-3,5,15,22-25H2,1H3/t27-/m0/s1. The second-order valence-corrected chi connectivity index (χ2v) is 12.7. The fraction of sp³-hybridized carbons (Fsp3) is 0.310. The van der Waals surface area contributed by atoms with E-state index in [-0.39, 0.29) is 0 Å². The van der Waals surface area contributed by atoms with Crippen LogP contribution in [0.5, 0.6) is 0 Å². The van der Waals surface area contributed by atoms with E-state index in [1.165, 1.54) is 30.5 Å². The number of allylic oxidation sites excluding steroid dienone is 1. The van der Waals surface area contributed by atoms with Gasteiger partial charge in [-0.15, -0.1) is 6.58 Å². The maximum Gasteiger partial charge on any atom is 0.118 e. The van der Waals surface area contributed by atoms with Gasteiger partial charge in [-0.05, 0) is 30.0 Å². The Labute approximate surface area is 189 Å². The molecule has 0 amide bonds. The highest BCUT2D eigenvalue weighted by atomic mass is 28.3. The third-order valence-corrected chi connectivity index (χ3v) is 11.6. The SMILES string of the molecule is C=CC[C@@H](COCc1ccccc1)C[Si](CCCC)(c1ccccc1)c1ccccc1. The molecule has 0 aromatic heterocycles. The second-order valence-electron chi connectivity index (χ2n) is 8.51. The molecule has 0 bridgehead atoms. The minimum Gasteiger partial charge on any atom is -0.376 e. The number of ether oxygens (including phenoxy) is 1. The lowest BCUT2D eigenvalue weighted by atomic mass is 10.1. The van der Waals surface area contributed by atoms with Crippen LogP contribution in [0, 0.1) is 5.92 Å². The topological polar surface area (TPSA) is 9.23 Å². The maximum atomic E-state index is 6.23. The minimum absolute atomic E-state index is 0.477. The van der Waals surface area contributed by atoms with Crippen LogP contribution in [0.25, 0.3) is 0 Å².